The zero-order valence-electron chi connectivity index (χ0n) is 14.5. The van der Waals surface area contributed by atoms with Crippen molar-refractivity contribution in [3.05, 3.63) is 93.0 Å². The first-order chi connectivity index (χ1) is 13.1. The lowest BCUT2D eigenvalue weighted by Crippen LogP contribution is -2.29. The summed E-state index contributed by atoms with van der Waals surface area (Å²) in [6.07, 6.45) is 0.990. The Morgan fingerprint density at radius 2 is 1.81 bits per heavy atom. The maximum Gasteiger partial charge on any atom is 0.205 e. The molecule has 0 radical (unpaired) electrons. The van der Waals surface area contributed by atoms with Gasteiger partial charge in [-0.3, -0.25) is 4.79 Å². The minimum absolute atomic E-state index is 0.00956. The molecule has 0 bridgehead atoms. The van der Waals surface area contributed by atoms with Crippen molar-refractivity contribution in [1.82, 2.24) is 0 Å². The summed E-state index contributed by atoms with van der Waals surface area (Å²) in [6, 6.07) is 19.7. The molecule has 4 rings (SSSR count). The van der Waals surface area contributed by atoms with Crippen LogP contribution in [0.25, 0.3) is 0 Å². The smallest absolute Gasteiger partial charge is 0.205 e. The highest BCUT2D eigenvalue weighted by atomic mass is 79.9. The van der Waals surface area contributed by atoms with Crippen molar-refractivity contribution < 1.29 is 9.53 Å². The van der Waals surface area contributed by atoms with Crippen LogP contribution in [0.1, 0.15) is 35.8 Å². The molecule has 0 saturated heterocycles. The average Bonchev–Trinajstić information content (AvgIpc) is 2.67. The van der Waals surface area contributed by atoms with E-state index >= 15 is 0 Å². The first-order valence-corrected chi connectivity index (χ1v) is 9.52. The highest BCUT2D eigenvalue weighted by Gasteiger charge is 2.40. The van der Waals surface area contributed by atoms with Crippen molar-refractivity contribution in [1.29, 1.82) is 5.26 Å². The van der Waals surface area contributed by atoms with Gasteiger partial charge in [0.25, 0.3) is 0 Å². The standard InChI is InChI=1S/C22H17BrN2O2/c23-16-8-4-7-14(9-16)20-17(12-24)22(25)27-19-11-15(10-18(26)21(19)20)13-5-2-1-3-6-13/h1-9,15,20H,10-11,25H2/t15-,20+/m1/s1. The van der Waals surface area contributed by atoms with Gasteiger partial charge in [-0.2, -0.15) is 5.26 Å². The summed E-state index contributed by atoms with van der Waals surface area (Å²) in [6.45, 7) is 0. The summed E-state index contributed by atoms with van der Waals surface area (Å²) in [4.78, 5) is 13.1. The lowest BCUT2D eigenvalue weighted by Gasteiger charge is -2.34. The summed E-state index contributed by atoms with van der Waals surface area (Å²) in [5.41, 5.74) is 8.88. The zero-order chi connectivity index (χ0) is 19.0. The Kier molecular flexibility index (Phi) is 4.59. The number of nitrogens with two attached hydrogens (primary N) is 1. The van der Waals surface area contributed by atoms with Crippen LogP contribution in [-0.4, -0.2) is 5.78 Å². The molecule has 0 saturated carbocycles. The molecule has 27 heavy (non-hydrogen) atoms. The fourth-order valence-corrected chi connectivity index (χ4v) is 4.31. The van der Waals surface area contributed by atoms with Gasteiger partial charge in [-0.1, -0.05) is 58.4 Å². The molecule has 0 fully saturated rings. The number of carbonyl (C=O) groups is 1. The van der Waals surface area contributed by atoms with Crippen LogP contribution in [0.15, 0.2) is 81.9 Å². The zero-order valence-corrected chi connectivity index (χ0v) is 16.1. The van der Waals surface area contributed by atoms with E-state index in [1.807, 2.05) is 54.6 Å². The molecule has 134 valence electrons. The quantitative estimate of drug-likeness (QED) is 0.766. The van der Waals surface area contributed by atoms with Gasteiger partial charge in [-0.15, -0.1) is 0 Å². The van der Waals surface area contributed by atoms with Gasteiger partial charge in [0.05, 0.1) is 5.92 Å². The molecule has 2 atom stereocenters. The summed E-state index contributed by atoms with van der Waals surface area (Å²) in [5, 5.41) is 9.66. The highest BCUT2D eigenvalue weighted by Crippen LogP contribution is 2.46. The molecule has 4 nitrogen and oxygen atoms in total. The van der Waals surface area contributed by atoms with Gasteiger partial charge in [0, 0.05) is 22.9 Å². The van der Waals surface area contributed by atoms with Gasteiger partial charge in [-0.25, -0.2) is 0 Å². The fraction of sp³-hybridized carbons (Fsp3) is 0.182. The summed E-state index contributed by atoms with van der Waals surface area (Å²) in [5.74, 6) is 0.247. The number of nitriles is 1. The van der Waals surface area contributed by atoms with Crippen LogP contribution in [0.2, 0.25) is 0 Å². The molecule has 0 aromatic heterocycles. The van der Waals surface area contributed by atoms with Crippen LogP contribution in [0.3, 0.4) is 0 Å². The number of Topliss-reactive ketones (excluding diaryl/α,β-unsaturated/α-hetero) is 1. The predicted octanol–water partition coefficient (Wildman–Crippen LogP) is 4.66. The Labute approximate surface area is 166 Å². The molecule has 2 aliphatic rings. The van der Waals surface area contributed by atoms with Crippen LogP contribution < -0.4 is 5.73 Å². The SMILES string of the molecule is N#CC1=C(N)OC2=C(C(=O)C[C@@H](c3ccccc3)C2)[C@H]1c1cccc(Br)c1. The number of ether oxygens (including phenoxy) is 1. The van der Waals surface area contributed by atoms with Crippen molar-refractivity contribution >= 4 is 21.7 Å². The first-order valence-electron chi connectivity index (χ1n) is 8.72. The van der Waals surface area contributed by atoms with Crippen LogP contribution in [0.4, 0.5) is 0 Å². The van der Waals surface area contributed by atoms with E-state index in [-0.39, 0.29) is 17.6 Å². The minimum Gasteiger partial charge on any atom is -0.444 e. The molecule has 0 spiro atoms. The predicted molar refractivity (Wildman–Crippen MR) is 105 cm³/mol. The summed E-state index contributed by atoms with van der Waals surface area (Å²) in [7, 11) is 0. The van der Waals surface area contributed by atoms with Crippen molar-refractivity contribution in [3.63, 3.8) is 0 Å². The Bertz CT molecular complexity index is 1020. The molecule has 1 heterocycles. The Morgan fingerprint density at radius 1 is 1.07 bits per heavy atom. The van der Waals surface area contributed by atoms with Gasteiger partial charge < -0.3 is 10.5 Å². The fourth-order valence-electron chi connectivity index (χ4n) is 3.89. The van der Waals surface area contributed by atoms with E-state index in [9.17, 15) is 10.1 Å². The van der Waals surface area contributed by atoms with E-state index < -0.39 is 5.92 Å². The lowest BCUT2D eigenvalue weighted by atomic mass is 9.73. The molecule has 2 N–H and O–H groups in total. The van der Waals surface area contributed by atoms with Crippen molar-refractivity contribution in [2.45, 2.75) is 24.7 Å². The second-order valence-corrected chi connectivity index (χ2v) is 7.67. The molecule has 1 aliphatic carbocycles. The van der Waals surface area contributed by atoms with E-state index in [1.54, 1.807) is 0 Å². The Morgan fingerprint density at radius 3 is 2.52 bits per heavy atom. The van der Waals surface area contributed by atoms with Crippen molar-refractivity contribution in [2.75, 3.05) is 0 Å². The van der Waals surface area contributed by atoms with E-state index in [2.05, 4.69) is 22.0 Å². The van der Waals surface area contributed by atoms with Crippen LogP contribution in [0, 0.1) is 11.3 Å². The first kappa shape index (κ1) is 17.6. The number of rotatable bonds is 2. The number of ketones is 1. The van der Waals surface area contributed by atoms with Crippen LogP contribution in [-0.2, 0) is 9.53 Å². The number of benzene rings is 2. The minimum atomic E-state index is -0.486. The molecule has 2 aromatic carbocycles. The monoisotopic (exact) mass is 420 g/mol. The Balaban J connectivity index is 1.80. The van der Waals surface area contributed by atoms with E-state index in [0.717, 1.165) is 15.6 Å². The number of carbonyl (C=O) groups excluding carboxylic acids is 1. The van der Waals surface area contributed by atoms with E-state index in [1.165, 1.54) is 0 Å². The average molecular weight is 421 g/mol. The molecular weight excluding hydrogens is 404 g/mol. The van der Waals surface area contributed by atoms with Gasteiger partial charge >= 0.3 is 0 Å². The van der Waals surface area contributed by atoms with Gasteiger partial charge in [0.2, 0.25) is 5.88 Å². The van der Waals surface area contributed by atoms with Gasteiger partial charge in [0.15, 0.2) is 5.78 Å². The normalized spacial score (nSPS) is 22.1. The number of hydrogen-bond acceptors (Lipinski definition) is 4. The van der Waals surface area contributed by atoms with E-state index in [4.69, 9.17) is 10.5 Å². The molecule has 0 amide bonds. The lowest BCUT2D eigenvalue weighted by molar-refractivity contribution is -0.117. The van der Waals surface area contributed by atoms with Crippen molar-refractivity contribution in [3.8, 4) is 6.07 Å². The molecule has 1 aliphatic heterocycles. The molecular formula is C22H17BrN2O2. The number of nitrogens with zero attached hydrogens (tertiary/aromatic N) is 1. The molecule has 0 unspecified atom stereocenters. The van der Waals surface area contributed by atoms with Gasteiger partial charge in [-0.05, 0) is 29.2 Å². The van der Waals surface area contributed by atoms with E-state index in [0.29, 0.717) is 29.7 Å². The number of allylic oxidation sites excluding steroid dienone is 3. The van der Waals surface area contributed by atoms with Crippen molar-refractivity contribution in [2.24, 2.45) is 5.73 Å². The molecule has 5 heteroatoms. The number of hydrogen-bond donors (Lipinski definition) is 1. The third-order valence-electron chi connectivity index (χ3n) is 5.11. The topological polar surface area (TPSA) is 76.1 Å². The maximum absolute atomic E-state index is 13.1. The maximum atomic E-state index is 13.1. The van der Waals surface area contributed by atoms with Gasteiger partial charge in [0.1, 0.15) is 17.4 Å². The summed E-state index contributed by atoms with van der Waals surface area (Å²) >= 11 is 3.47. The second kappa shape index (κ2) is 7.05. The third kappa shape index (κ3) is 3.17. The van der Waals surface area contributed by atoms with Crippen LogP contribution in [0.5, 0.6) is 0 Å². The number of halogens is 1. The second-order valence-electron chi connectivity index (χ2n) is 6.76. The van der Waals surface area contributed by atoms with Crippen LogP contribution >= 0.6 is 15.9 Å². The third-order valence-corrected chi connectivity index (χ3v) is 5.61. The Hall–Kier alpha value is -2.84. The summed E-state index contributed by atoms with van der Waals surface area (Å²) < 4.78 is 6.66. The molecule has 2 aromatic rings. The largest absolute Gasteiger partial charge is 0.444 e. The highest BCUT2D eigenvalue weighted by molar-refractivity contribution is 9.10.